The number of sulfone groups is 1. The molecule has 0 saturated heterocycles. The van der Waals surface area contributed by atoms with Gasteiger partial charge in [-0.25, -0.2) is 8.42 Å². The summed E-state index contributed by atoms with van der Waals surface area (Å²) in [6.07, 6.45) is 0. The van der Waals surface area contributed by atoms with Crippen LogP contribution >= 0.6 is 11.3 Å². The lowest BCUT2D eigenvalue weighted by molar-refractivity contribution is 0.249. The molecule has 2 aromatic rings. The van der Waals surface area contributed by atoms with Gasteiger partial charge in [-0.3, -0.25) is 0 Å². The fraction of sp³-hybridized carbons (Fsp3) is 0.455. The van der Waals surface area contributed by atoms with Crippen LogP contribution in [0.5, 0.6) is 0 Å². The lowest BCUT2D eigenvalue weighted by atomic mass is 10.2. The van der Waals surface area contributed by atoms with E-state index in [-0.39, 0.29) is 29.9 Å². The van der Waals surface area contributed by atoms with Crippen molar-refractivity contribution in [2.45, 2.75) is 12.7 Å². The maximum absolute atomic E-state index is 11.8. The molecule has 2 rings (SSSR count). The largest absolute Gasteiger partial charge is 0.396 e. The molecule has 6 nitrogen and oxygen atoms in total. The van der Waals surface area contributed by atoms with E-state index in [4.69, 9.17) is 9.63 Å². The average molecular weight is 302 g/mol. The van der Waals surface area contributed by atoms with Crippen LogP contribution in [0, 0.1) is 5.92 Å². The zero-order valence-electron chi connectivity index (χ0n) is 10.3. The molecule has 0 aliphatic rings. The zero-order valence-corrected chi connectivity index (χ0v) is 11.9. The van der Waals surface area contributed by atoms with Gasteiger partial charge in [0.25, 0.3) is 0 Å². The number of rotatable bonds is 6. The Kier molecular flexibility index (Phi) is 4.33. The van der Waals surface area contributed by atoms with Crippen LogP contribution in [0.2, 0.25) is 0 Å². The number of nitrogens with zero attached hydrogens (tertiary/aromatic N) is 2. The van der Waals surface area contributed by atoms with Gasteiger partial charge in [-0.1, -0.05) is 12.1 Å². The van der Waals surface area contributed by atoms with E-state index in [2.05, 4.69) is 10.1 Å². The molecule has 0 aromatic carbocycles. The van der Waals surface area contributed by atoms with Gasteiger partial charge in [0.15, 0.2) is 9.84 Å². The van der Waals surface area contributed by atoms with Crippen molar-refractivity contribution in [3.05, 3.63) is 22.7 Å². The highest BCUT2D eigenvalue weighted by molar-refractivity contribution is 7.90. The number of aliphatic hydroxyl groups excluding tert-OH is 1. The maximum atomic E-state index is 11.8. The third-order valence-corrected chi connectivity index (χ3v) is 4.89. The van der Waals surface area contributed by atoms with Gasteiger partial charge in [-0.15, -0.1) is 0 Å². The number of hydrogen-bond acceptors (Lipinski definition) is 7. The lowest BCUT2D eigenvalue weighted by Crippen LogP contribution is -2.18. The molecule has 1 unspecified atom stereocenters. The fourth-order valence-electron chi connectivity index (χ4n) is 1.56. The molecule has 0 fully saturated rings. The van der Waals surface area contributed by atoms with Gasteiger partial charge in [0.1, 0.15) is 5.75 Å². The third-order valence-electron chi connectivity index (χ3n) is 2.44. The van der Waals surface area contributed by atoms with Crippen LogP contribution < -0.4 is 0 Å². The average Bonchev–Trinajstić information content (AvgIpc) is 2.97. The first-order chi connectivity index (χ1) is 9.00. The normalized spacial score (nSPS) is 13.6. The van der Waals surface area contributed by atoms with Crippen LogP contribution in [0.15, 0.2) is 21.3 Å². The highest BCUT2D eigenvalue weighted by Crippen LogP contribution is 2.19. The topological polar surface area (TPSA) is 93.3 Å². The van der Waals surface area contributed by atoms with E-state index in [9.17, 15) is 8.42 Å². The van der Waals surface area contributed by atoms with Gasteiger partial charge >= 0.3 is 0 Å². The standard InChI is InChI=1S/C11H14N2O4S2/c1-8(4-14)6-19(15,16)7-10-12-11(13-17-10)9-2-3-18-5-9/h2-3,5,8,14H,4,6-7H2,1H3. The smallest absolute Gasteiger partial charge is 0.242 e. The molecule has 0 spiro atoms. The minimum absolute atomic E-state index is 0.0753. The Bertz CT molecular complexity index is 619. The van der Waals surface area contributed by atoms with E-state index in [0.29, 0.717) is 5.82 Å². The van der Waals surface area contributed by atoms with Crippen LogP contribution in [0.1, 0.15) is 12.8 Å². The Labute approximate surface area is 115 Å². The summed E-state index contributed by atoms with van der Waals surface area (Å²) < 4.78 is 28.6. The minimum atomic E-state index is -3.36. The molecular weight excluding hydrogens is 288 g/mol. The molecule has 2 heterocycles. The van der Waals surface area contributed by atoms with Crippen molar-refractivity contribution in [1.29, 1.82) is 0 Å². The summed E-state index contributed by atoms with van der Waals surface area (Å²) in [6, 6.07) is 1.83. The summed E-state index contributed by atoms with van der Waals surface area (Å²) in [5.41, 5.74) is 0.807. The molecule has 0 saturated carbocycles. The second-order valence-electron chi connectivity index (χ2n) is 4.37. The van der Waals surface area contributed by atoms with Crippen LogP contribution in [-0.4, -0.2) is 36.0 Å². The fourth-order valence-corrected chi connectivity index (χ4v) is 3.77. The summed E-state index contributed by atoms with van der Waals surface area (Å²) in [5, 5.41) is 16.4. The Hall–Kier alpha value is -1.25. The van der Waals surface area contributed by atoms with Crippen molar-refractivity contribution >= 4 is 21.2 Å². The van der Waals surface area contributed by atoms with Crippen molar-refractivity contribution in [3.8, 4) is 11.4 Å². The first-order valence-corrected chi connectivity index (χ1v) is 8.43. The van der Waals surface area contributed by atoms with Crippen molar-refractivity contribution in [2.75, 3.05) is 12.4 Å². The predicted octanol–water partition coefficient (Wildman–Crippen LogP) is 1.34. The molecule has 0 aliphatic heterocycles. The molecule has 0 aliphatic carbocycles. The number of aliphatic hydroxyl groups is 1. The second-order valence-corrected chi connectivity index (χ2v) is 7.26. The van der Waals surface area contributed by atoms with Crippen LogP contribution in [0.4, 0.5) is 0 Å². The molecular formula is C11H14N2O4S2. The van der Waals surface area contributed by atoms with Crippen LogP contribution in [-0.2, 0) is 15.6 Å². The van der Waals surface area contributed by atoms with E-state index in [1.54, 1.807) is 6.92 Å². The molecule has 8 heteroatoms. The molecule has 0 amide bonds. The highest BCUT2D eigenvalue weighted by Gasteiger charge is 2.20. The molecule has 1 atom stereocenters. The lowest BCUT2D eigenvalue weighted by Gasteiger charge is -2.06. The van der Waals surface area contributed by atoms with E-state index >= 15 is 0 Å². The van der Waals surface area contributed by atoms with Gasteiger partial charge in [0.05, 0.1) is 5.75 Å². The van der Waals surface area contributed by atoms with Crippen molar-refractivity contribution in [2.24, 2.45) is 5.92 Å². The summed E-state index contributed by atoms with van der Waals surface area (Å²) in [6.45, 7) is 1.51. The van der Waals surface area contributed by atoms with E-state index in [0.717, 1.165) is 5.56 Å². The SMILES string of the molecule is CC(CO)CS(=O)(=O)Cc1nc(-c2ccsc2)no1. The summed E-state index contributed by atoms with van der Waals surface area (Å²) >= 11 is 1.50. The number of aromatic nitrogens is 2. The highest BCUT2D eigenvalue weighted by atomic mass is 32.2. The number of thiophene rings is 1. The van der Waals surface area contributed by atoms with Gasteiger partial charge in [0.2, 0.25) is 11.7 Å². The van der Waals surface area contributed by atoms with Gasteiger partial charge in [-0.05, 0) is 17.4 Å². The first kappa shape index (κ1) is 14.2. The quantitative estimate of drug-likeness (QED) is 0.865. The molecule has 2 aromatic heterocycles. The van der Waals surface area contributed by atoms with Gasteiger partial charge in [0, 0.05) is 17.6 Å². The summed E-state index contributed by atoms with van der Waals surface area (Å²) in [7, 11) is -3.36. The van der Waals surface area contributed by atoms with Gasteiger partial charge in [-0.2, -0.15) is 16.3 Å². The van der Waals surface area contributed by atoms with E-state index < -0.39 is 9.84 Å². The Morgan fingerprint density at radius 2 is 2.32 bits per heavy atom. The van der Waals surface area contributed by atoms with Crippen LogP contribution in [0.3, 0.4) is 0 Å². The Morgan fingerprint density at radius 1 is 1.53 bits per heavy atom. The number of hydrogen-bond donors (Lipinski definition) is 1. The van der Waals surface area contributed by atoms with Crippen molar-refractivity contribution < 1.29 is 18.0 Å². The Morgan fingerprint density at radius 3 is 2.95 bits per heavy atom. The molecule has 1 N–H and O–H groups in total. The maximum Gasteiger partial charge on any atom is 0.242 e. The molecule has 0 radical (unpaired) electrons. The molecule has 0 bridgehead atoms. The third kappa shape index (κ3) is 3.85. The molecule has 104 valence electrons. The van der Waals surface area contributed by atoms with Crippen molar-refractivity contribution in [1.82, 2.24) is 10.1 Å². The van der Waals surface area contributed by atoms with Gasteiger partial charge < -0.3 is 9.63 Å². The van der Waals surface area contributed by atoms with Crippen molar-refractivity contribution in [3.63, 3.8) is 0 Å². The van der Waals surface area contributed by atoms with E-state index in [1.165, 1.54) is 11.3 Å². The minimum Gasteiger partial charge on any atom is -0.396 e. The van der Waals surface area contributed by atoms with E-state index in [1.807, 2.05) is 16.8 Å². The zero-order chi connectivity index (χ0) is 13.9. The molecule has 19 heavy (non-hydrogen) atoms. The summed E-state index contributed by atoms with van der Waals surface area (Å²) in [4.78, 5) is 4.06. The summed E-state index contributed by atoms with van der Waals surface area (Å²) in [5.74, 6) is -0.231. The Balaban J connectivity index is 2.08. The predicted molar refractivity (Wildman–Crippen MR) is 71.4 cm³/mol. The first-order valence-electron chi connectivity index (χ1n) is 5.66. The monoisotopic (exact) mass is 302 g/mol. The van der Waals surface area contributed by atoms with Crippen LogP contribution in [0.25, 0.3) is 11.4 Å². The second kappa shape index (κ2) is 5.81.